The SMILES string of the molecule is CN=[S@@](C)(=O)CCNc1nc2ccccc2o1. The first-order valence-electron chi connectivity index (χ1n) is 5.28. The van der Waals surface area contributed by atoms with Crippen LogP contribution < -0.4 is 5.32 Å². The fourth-order valence-corrected chi connectivity index (χ4v) is 2.05. The maximum atomic E-state index is 11.7. The molecule has 0 unspecified atom stereocenters. The van der Waals surface area contributed by atoms with E-state index in [1.54, 1.807) is 13.3 Å². The molecule has 17 heavy (non-hydrogen) atoms. The Morgan fingerprint density at radius 3 is 2.94 bits per heavy atom. The van der Waals surface area contributed by atoms with Crippen molar-refractivity contribution in [1.82, 2.24) is 4.98 Å². The Bertz CT molecular complexity index is 593. The number of oxazole rings is 1. The van der Waals surface area contributed by atoms with Gasteiger partial charge < -0.3 is 9.73 Å². The zero-order valence-corrected chi connectivity index (χ0v) is 10.7. The molecule has 0 aliphatic rings. The van der Waals surface area contributed by atoms with Crippen LogP contribution in [0.15, 0.2) is 33.0 Å². The molecule has 0 amide bonds. The van der Waals surface area contributed by atoms with Gasteiger partial charge in [0.1, 0.15) is 5.52 Å². The van der Waals surface area contributed by atoms with Gasteiger partial charge in [0.2, 0.25) is 0 Å². The molecule has 0 aliphatic carbocycles. The first-order valence-corrected chi connectivity index (χ1v) is 7.37. The van der Waals surface area contributed by atoms with Gasteiger partial charge in [-0.15, -0.1) is 0 Å². The van der Waals surface area contributed by atoms with Crippen LogP contribution in [0.5, 0.6) is 0 Å². The third-order valence-corrected chi connectivity index (χ3v) is 4.17. The highest BCUT2D eigenvalue weighted by Crippen LogP contribution is 2.17. The zero-order chi connectivity index (χ0) is 12.3. The molecule has 2 rings (SSSR count). The van der Waals surface area contributed by atoms with Gasteiger partial charge in [0.15, 0.2) is 5.58 Å². The summed E-state index contributed by atoms with van der Waals surface area (Å²) in [5, 5.41) is 3.01. The number of benzene rings is 1. The largest absolute Gasteiger partial charge is 0.424 e. The van der Waals surface area contributed by atoms with E-state index < -0.39 is 9.73 Å². The van der Waals surface area contributed by atoms with E-state index in [4.69, 9.17) is 4.42 Å². The Balaban J connectivity index is 2.02. The summed E-state index contributed by atoms with van der Waals surface area (Å²) in [6.45, 7) is 0.527. The third-order valence-electron chi connectivity index (χ3n) is 2.44. The van der Waals surface area contributed by atoms with Crippen molar-refractivity contribution >= 4 is 26.8 Å². The number of hydrogen-bond acceptors (Lipinski definition) is 5. The molecule has 0 bridgehead atoms. The summed E-state index contributed by atoms with van der Waals surface area (Å²) in [4.78, 5) is 4.26. The highest BCUT2D eigenvalue weighted by molar-refractivity contribution is 7.92. The van der Waals surface area contributed by atoms with Crippen LogP contribution in [-0.4, -0.2) is 34.8 Å². The molecule has 5 nitrogen and oxygen atoms in total. The molecule has 1 atom stereocenters. The zero-order valence-electron chi connectivity index (χ0n) is 9.84. The van der Waals surface area contributed by atoms with Crippen molar-refractivity contribution in [2.75, 3.05) is 30.9 Å². The average Bonchev–Trinajstić information content (AvgIpc) is 2.71. The Kier molecular flexibility index (Phi) is 3.33. The summed E-state index contributed by atoms with van der Waals surface area (Å²) in [6.07, 6.45) is 1.64. The van der Waals surface area contributed by atoms with Crippen LogP contribution in [0.2, 0.25) is 0 Å². The van der Waals surface area contributed by atoms with E-state index in [0.29, 0.717) is 18.3 Å². The molecule has 2 aromatic rings. The standard InChI is InChI=1S/C11H15N3O2S/c1-12-17(2,15)8-7-13-11-14-9-5-3-4-6-10(9)16-11/h3-6H,7-8H2,1-2H3,(H,13,14)/t17-/m0/s1. The van der Waals surface area contributed by atoms with Crippen LogP contribution in [0.3, 0.4) is 0 Å². The highest BCUT2D eigenvalue weighted by atomic mass is 32.2. The molecule has 0 radical (unpaired) electrons. The van der Waals surface area contributed by atoms with Gasteiger partial charge in [0.05, 0.1) is 0 Å². The van der Waals surface area contributed by atoms with Crippen molar-refractivity contribution in [3.63, 3.8) is 0 Å². The van der Waals surface area contributed by atoms with Gasteiger partial charge in [-0.25, -0.2) is 8.57 Å². The number of anilines is 1. The van der Waals surface area contributed by atoms with Crippen molar-refractivity contribution in [3.05, 3.63) is 24.3 Å². The van der Waals surface area contributed by atoms with Crippen molar-refractivity contribution < 1.29 is 8.63 Å². The lowest BCUT2D eigenvalue weighted by atomic mass is 10.3. The monoisotopic (exact) mass is 253 g/mol. The molecular weight excluding hydrogens is 238 g/mol. The minimum Gasteiger partial charge on any atom is -0.424 e. The number of hydrogen-bond donors (Lipinski definition) is 1. The van der Waals surface area contributed by atoms with Crippen LogP contribution >= 0.6 is 0 Å². The Hall–Kier alpha value is -1.56. The number of para-hydroxylation sites is 2. The number of nitrogens with one attached hydrogen (secondary N) is 1. The third kappa shape index (κ3) is 2.97. The van der Waals surface area contributed by atoms with E-state index in [2.05, 4.69) is 14.7 Å². The van der Waals surface area contributed by atoms with E-state index in [0.717, 1.165) is 11.1 Å². The summed E-state index contributed by atoms with van der Waals surface area (Å²) in [7, 11) is -0.505. The topological polar surface area (TPSA) is 67.5 Å². The van der Waals surface area contributed by atoms with Crippen molar-refractivity contribution in [1.29, 1.82) is 0 Å². The highest BCUT2D eigenvalue weighted by Gasteiger charge is 2.05. The molecular formula is C11H15N3O2S. The molecule has 1 aromatic heterocycles. The van der Waals surface area contributed by atoms with Gasteiger partial charge in [-0.3, -0.25) is 0 Å². The number of rotatable bonds is 4. The normalized spacial score (nSPS) is 14.5. The second kappa shape index (κ2) is 4.75. The van der Waals surface area contributed by atoms with Crippen molar-refractivity contribution in [3.8, 4) is 0 Å². The first kappa shape index (κ1) is 11.9. The van der Waals surface area contributed by atoms with E-state index in [-0.39, 0.29) is 0 Å². The number of aromatic nitrogens is 1. The molecule has 0 spiro atoms. The summed E-state index contributed by atoms with van der Waals surface area (Å²) >= 11 is 0. The van der Waals surface area contributed by atoms with Gasteiger partial charge in [0.25, 0.3) is 6.01 Å². The molecule has 92 valence electrons. The number of fused-ring (bicyclic) bond motifs is 1. The fourth-order valence-electron chi connectivity index (χ4n) is 1.39. The van der Waals surface area contributed by atoms with Crippen molar-refractivity contribution in [2.24, 2.45) is 4.36 Å². The van der Waals surface area contributed by atoms with Crippen LogP contribution in [0.4, 0.5) is 6.01 Å². The average molecular weight is 253 g/mol. The second-order valence-corrected chi connectivity index (χ2v) is 6.45. The predicted octanol–water partition coefficient (Wildman–Crippen LogP) is 1.97. The smallest absolute Gasteiger partial charge is 0.295 e. The van der Waals surface area contributed by atoms with E-state index in [1.165, 1.54) is 0 Å². The molecule has 0 saturated heterocycles. The van der Waals surface area contributed by atoms with Gasteiger partial charge in [-0.1, -0.05) is 12.1 Å². The Labute approximate surface area is 100 Å². The minimum atomic E-state index is -2.08. The molecule has 0 fully saturated rings. The minimum absolute atomic E-state index is 0.456. The molecule has 1 heterocycles. The van der Waals surface area contributed by atoms with Gasteiger partial charge in [-0.05, 0) is 12.1 Å². The summed E-state index contributed by atoms with van der Waals surface area (Å²) in [5.41, 5.74) is 1.56. The van der Waals surface area contributed by atoms with Crippen LogP contribution in [0.1, 0.15) is 0 Å². The molecule has 0 saturated carbocycles. The quantitative estimate of drug-likeness (QED) is 0.904. The number of nitrogens with zero attached hydrogens (tertiary/aromatic N) is 2. The molecule has 1 aromatic carbocycles. The lowest BCUT2D eigenvalue weighted by Crippen LogP contribution is -2.14. The maximum absolute atomic E-state index is 11.7. The Morgan fingerprint density at radius 2 is 2.24 bits per heavy atom. The van der Waals surface area contributed by atoms with Gasteiger partial charge in [-0.2, -0.15) is 4.98 Å². The molecule has 1 N–H and O–H groups in total. The maximum Gasteiger partial charge on any atom is 0.295 e. The molecule has 0 aliphatic heterocycles. The lowest BCUT2D eigenvalue weighted by Gasteiger charge is -2.02. The summed E-state index contributed by atoms with van der Waals surface area (Å²) in [6, 6.07) is 8.00. The van der Waals surface area contributed by atoms with E-state index >= 15 is 0 Å². The summed E-state index contributed by atoms with van der Waals surface area (Å²) in [5.74, 6) is 0.474. The Morgan fingerprint density at radius 1 is 1.47 bits per heavy atom. The molecule has 6 heteroatoms. The first-order chi connectivity index (χ1) is 8.11. The fraction of sp³-hybridized carbons (Fsp3) is 0.364. The van der Waals surface area contributed by atoms with Crippen LogP contribution in [-0.2, 0) is 9.73 Å². The van der Waals surface area contributed by atoms with E-state index in [1.807, 2.05) is 24.3 Å². The van der Waals surface area contributed by atoms with Crippen LogP contribution in [0, 0.1) is 0 Å². The van der Waals surface area contributed by atoms with Gasteiger partial charge >= 0.3 is 0 Å². The van der Waals surface area contributed by atoms with E-state index in [9.17, 15) is 4.21 Å². The van der Waals surface area contributed by atoms with Crippen molar-refractivity contribution in [2.45, 2.75) is 0 Å². The lowest BCUT2D eigenvalue weighted by molar-refractivity contribution is 0.616. The predicted molar refractivity (Wildman–Crippen MR) is 69.8 cm³/mol. The van der Waals surface area contributed by atoms with Gasteiger partial charge in [0, 0.05) is 35.3 Å². The van der Waals surface area contributed by atoms with Crippen LogP contribution in [0.25, 0.3) is 11.1 Å². The second-order valence-electron chi connectivity index (χ2n) is 3.76. The summed E-state index contributed by atoms with van der Waals surface area (Å²) < 4.78 is 21.0.